The van der Waals surface area contributed by atoms with Crippen LogP contribution < -0.4 is 10.6 Å². The van der Waals surface area contributed by atoms with Crippen LogP contribution >= 0.6 is 0 Å². The number of methoxy groups -OCH3 is 4. The first-order valence-electron chi connectivity index (χ1n) is 18.2. The molecule has 1 unspecified atom stereocenters. The topological polar surface area (TPSA) is 202 Å². The molecule has 4 N–H and O–H groups in total. The fraction of sp³-hybridized carbons (Fsp3) is 0.385. The number of hydrogen-bond acceptors (Lipinski definition) is 11. The molecule has 3 aromatic carbocycles. The molecule has 0 radical (unpaired) electrons. The van der Waals surface area contributed by atoms with E-state index in [9.17, 15) is 19.2 Å². The number of carbonyl (C=O) groups is 4. The second-order valence-electron chi connectivity index (χ2n) is 13.5. The van der Waals surface area contributed by atoms with Crippen LogP contribution in [-0.2, 0) is 33.3 Å². The van der Waals surface area contributed by atoms with Crippen molar-refractivity contribution in [1.82, 2.24) is 40.4 Å². The number of likely N-dealkylation sites (tertiary alicyclic amines) is 1. The van der Waals surface area contributed by atoms with Crippen LogP contribution in [0.1, 0.15) is 36.6 Å². The zero-order valence-corrected chi connectivity index (χ0v) is 31.5. The Balaban J connectivity index is 1.07. The molecule has 56 heavy (non-hydrogen) atoms. The maximum atomic E-state index is 13.4. The van der Waals surface area contributed by atoms with Gasteiger partial charge in [0.05, 0.1) is 63.0 Å². The molecule has 17 heteroatoms. The SMILES string of the molecule is COC[C@H](NC(=O)OC)C(=O)N1CCC[C@H]1c1ncc(-c2ccc3cc(-c4ccc5nc([C@@H]6COCCN6C(=O)C(NC(=O)OC)OC)[nH]c5c4)ccc3c2)[nH]1. The van der Waals surface area contributed by atoms with Gasteiger partial charge in [-0.25, -0.2) is 19.6 Å². The molecule has 2 aliphatic heterocycles. The Hall–Kier alpha value is -6.04. The van der Waals surface area contributed by atoms with Gasteiger partial charge in [0.25, 0.3) is 5.91 Å². The van der Waals surface area contributed by atoms with E-state index in [-0.39, 0.29) is 25.2 Å². The number of nitrogens with zero attached hydrogens (tertiary/aromatic N) is 4. The first-order valence-corrected chi connectivity index (χ1v) is 18.2. The van der Waals surface area contributed by atoms with Crippen molar-refractivity contribution in [2.45, 2.75) is 37.2 Å². The smallest absolute Gasteiger partial charge is 0.409 e. The molecule has 2 aliphatic rings. The third-order valence-electron chi connectivity index (χ3n) is 10.2. The fourth-order valence-corrected chi connectivity index (χ4v) is 7.30. The fourth-order valence-electron chi connectivity index (χ4n) is 7.30. The van der Waals surface area contributed by atoms with E-state index < -0.39 is 36.4 Å². The highest BCUT2D eigenvalue weighted by Gasteiger charge is 2.37. The molecular formula is C39H44N8O9. The van der Waals surface area contributed by atoms with Crippen molar-refractivity contribution in [3.63, 3.8) is 0 Å². The number of alkyl carbamates (subject to hydrolysis) is 2. The van der Waals surface area contributed by atoms with Gasteiger partial charge in [0.1, 0.15) is 23.7 Å². The van der Waals surface area contributed by atoms with Gasteiger partial charge in [-0.15, -0.1) is 0 Å². The quantitative estimate of drug-likeness (QED) is 0.141. The Labute approximate surface area is 322 Å². The summed E-state index contributed by atoms with van der Waals surface area (Å²) >= 11 is 0. The predicted molar refractivity (Wildman–Crippen MR) is 203 cm³/mol. The zero-order chi connectivity index (χ0) is 39.3. The van der Waals surface area contributed by atoms with Crippen LogP contribution in [0.3, 0.4) is 0 Å². The average molecular weight is 769 g/mol. The van der Waals surface area contributed by atoms with E-state index >= 15 is 0 Å². The van der Waals surface area contributed by atoms with Gasteiger partial charge in [-0.05, 0) is 59.0 Å². The van der Waals surface area contributed by atoms with Gasteiger partial charge in [-0.2, -0.15) is 0 Å². The van der Waals surface area contributed by atoms with Gasteiger partial charge in [0.15, 0.2) is 0 Å². The molecule has 5 aromatic rings. The van der Waals surface area contributed by atoms with E-state index in [1.165, 1.54) is 28.4 Å². The number of fused-ring (bicyclic) bond motifs is 2. The summed E-state index contributed by atoms with van der Waals surface area (Å²) in [5.41, 5.74) is 5.31. The van der Waals surface area contributed by atoms with Crippen molar-refractivity contribution in [2.75, 3.05) is 61.3 Å². The molecule has 2 aromatic heterocycles. The number of rotatable bonds is 11. The number of aromatic nitrogens is 4. The number of amides is 4. The summed E-state index contributed by atoms with van der Waals surface area (Å²) < 4.78 is 25.5. The maximum absolute atomic E-state index is 13.4. The number of imidazole rings is 2. The molecule has 2 saturated heterocycles. The van der Waals surface area contributed by atoms with E-state index in [4.69, 9.17) is 23.9 Å². The number of ether oxygens (including phenoxy) is 5. The number of morpholine rings is 1. The minimum Gasteiger partial charge on any atom is -0.453 e. The molecule has 0 saturated carbocycles. The lowest BCUT2D eigenvalue weighted by atomic mass is 9.99. The summed E-state index contributed by atoms with van der Waals surface area (Å²) in [6.45, 7) is 1.42. The van der Waals surface area contributed by atoms with Gasteiger partial charge >= 0.3 is 12.2 Å². The van der Waals surface area contributed by atoms with Crippen LogP contribution in [0, 0.1) is 0 Å². The molecular weight excluding hydrogens is 724 g/mol. The van der Waals surface area contributed by atoms with Crippen molar-refractivity contribution < 1.29 is 42.9 Å². The zero-order valence-electron chi connectivity index (χ0n) is 31.5. The lowest BCUT2D eigenvalue weighted by molar-refractivity contribution is -0.152. The highest BCUT2D eigenvalue weighted by Crippen LogP contribution is 2.34. The highest BCUT2D eigenvalue weighted by atomic mass is 16.6. The molecule has 0 aliphatic carbocycles. The van der Waals surface area contributed by atoms with Crippen LogP contribution in [0.5, 0.6) is 0 Å². The molecule has 0 spiro atoms. The number of benzene rings is 3. The summed E-state index contributed by atoms with van der Waals surface area (Å²) in [6.07, 6.45) is 0.624. The molecule has 17 nitrogen and oxygen atoms in total. The van der Waals surface area contributed by atoms with Crippen molar-refractivity contribution in [3.05, 3.63) is 72.4 Å². The van der Waals surface area contributed by atoms with Crippen molar-refractivity contribution in [1.29, 1.82) is 0 Å². The number of aromatic amines is 2. The summed E-state index contributed by atoms with van der Waals surface area (Å²) in [4.78, 5) is 70.1. The molecule has 0 bridgehead atoms. The third kappa shape index (κ3) is 7.87. The first-order chi connectivity index (χ1) is 27.2. The number of hydrogen-bond donors (Lipinski definition) is 4. The van der Waals surface area contributed by atoms with Gasteiger partial charge in [0.2, 0.25) is 12.1 Å². The van der Waals surface area contributed by atoms with Crippen molar-refractivity contribution in [2.24, 2.45) is 0 Å². The monoisotopic (exact) mass is 768 g/mol. The van der Waals surface area contributed by atoms with Crippen LogP contribution in [0.15, 0.2) is 60.8 Å². The van der Waals surface area contributed by atoms with Crippen LogP contribution in [0.25, 0.3) is 44.2 Å². The second-order valence-corrected chi connectivity index (χ2v) is 13.5. The predicted octanol–water partition coefficient (Wildman–Crippen LogP) is 4.04. The minimum atomic E-state index is -1.22. The Bertz CT molecular complexity index is 2240. The standard InChI is InChI=1S/C39H44N8O9/c1-52-20-30(44-38(50)54-3)36(48)46-13-5-6-31(46)33-40-19-29(43-33)26-10-9-22-16-23(7-8-24(22)17-26)25-11-12-27-28(18-25)42-34(41-27)32-21-56-15-14-47(32)37(49)35(53-2)45-39(51)55-4/h7-12,16-19,30-32,35H,5-6,13-15,20-21H2,1-4H3,(H,40,43)(H,41,42)(H,44,50)(H,45,51)/t30-,31-,32-,35?/m0/s1. The van der Waals surface area contributed by atoms with Gasteiger partial charge in [-0.3, -0.25) is 14.9 Å². The molecule has 2 fully saturated rings. The van der Waals surface area contributed by atoms with Gasteiger partial charge in [-0.1, -0.05) is 30.3 Å². The number of H-pyrrole nitrogens is 2. The lowest BCUT2D eigenvalue weighted by Gasteiger charge is -2.36. The van der Waals surface area contributed by atoms with Crippen LogP contribution in [0.4, 0.5) is 9.59 Å². The van der Waals surface area contributed by atoms with Gasteiger partial charge in [0, 0.05) is 32.9 Å². The minimum absolute atomic E-state index is 0.0203. The molecule has 4 atom stereocenters. The summed E-state index contributed by atoms with van der Waals surface area (Å²) in [5.74, 6) is 0.549. The van der Waals surface area contributed by atoms with Crippen molar-refractivity contribution >= 4 is 45.8 Å². The summed E-state index contributed by atoms with van der Waals surface area (Å²) in [5, 5.41) is 7.07. The summed E-state index contributed by atoms with van der Waals surface area (Å²) in [7, 11) is 5.28. The van der Waals surface area contributed by atoms with E-state index in [0.29, 0.717) is 31.3 Å². The third-order valence-corrected chi connectivity index (χ3v) is 10.2. The molecule has 4 amide bonds. The highest BCUT2D eigenvalue weighted by molar-refractivity contribution is 5.92. The van der Waals surface area contributed by atoms with E-state index in [1.54, 1.807) is 16.0 Å². The number of nitrogens with one attached hydrogen (secondary N) is 4. The second kappa shape index (κ2) is 16.8. The van der Waals surface area contributed by atoms with Crippen LogP contribution in [0.2, 0.25) is 0 Å². The Morgan fingerprint density at radius 2 is 1.52 bits per heavy atom. The van der Waals surface area contributed by atoms with E-state index in [0.717, 1.165) is 57.0 Å². The van der Waals surface area contributed by atoms with Crippen LogP contribution in [-0.4, -0.2) is 127 Å². The largest absolute Gasteiger partial charge is 0.453 e. The Morgan fingerprint density at radius 3 is 2.27 bits per heavy atom. The Morgan fingerprint density at radius 1 is 0.821 bits per heavy atom. The van der Waals surface area contributed by atoms with E-state index in [1.807, 2.05) is 24.3 Å². The first kappa shape index (κ1) is 38.2. The van der Waals surface area contributed by atoms with E-state index in [2.05, 4.69) is 60.7 Å². The maximum Gasteiger partial charge on any atom is 0.409 e. The Kier molecular flexibility index (Phi) is 11.4. The normalized spacial score (nSPS) is 18.1. The van der Waals surface area contributed by atoms with Gasteiger partial charge < -0.3 is 48.8 Å². The molecule has 7 rings (SSSR count). The molecule has 4 heterocycles. The average Bonchev–Trinajstić information content (AvgIpc) is 4.02. The lowest BCUT2D eigenvalue weighted by Crippen LogP contribution is -2.53. The van der Waals surface area contributed by atoms with Crippen molar-refractivity contribution in [3.8, 4) is 22.4 Å². The number of carbonyl (C=O) groups excluding carboxylic acids is 4. The molecule has 294 valence electrons. The summed E-state index contributed by atoms with van der Waals surface area (Å²) in [6, 6.07) is 16.8.